The molecule has 2 aromatic carbocycles. The molecule has 0 saturated heterocycles. The number of hydrogen-bond donors (Lipinski definition) is 1. The van der Waals surface area contributed by atoms with Crippen LogP contribution in [0.25, 0.3) is 0 Å². The maximum Gasteiger partial charge on any atom is 0.344 e. The first-order valence-electron chi connectivity index (χ1n) is 7.95. The predicted octanol–water partition coefficient (Wildman–Crippen LogP) is 4.60. The molecule has 0 bridgehead atoms. The molecule has 0 spiro atoms. The van der Waals surface area contributed by atoms with Gasteiger partial charge in [0.05, 0.1) is 0 Å². The molecule has 118 valence electrons. The van der Waals surface area contributed by atoms with Crippen LogP contribution in [-0.4, -0.2) is 15.9 Å². The summed E-state index contributed by atoms with van der Waals surface area (Å²) in [7, 11) is 0. The number of hydrogen-bond acceptors (Lipinski definition) is 2. The second-order valence-electron chi connectivity index (χ2n) is 6.11. The second-order valence-corrected chi connectivity index (χ2v) is 6.11. The molecule has 23 heavy (non-hydrogen) atoms. The number of ether oxygens (including phenoxy) is 1. The highest BCUT2D eigenvalue weighted by Gasteiger charge is 2.39. The van der Waals surface area contributed by atoms with Crippen LogP contribution < -0.4 is 0 Å². The van der Waals surface area contributed by atoms with Gasteiger partial charge in [0.15, 0.2) is 6.10 Å². The summed E-state index contributed by atoms with van der Waals surface area (Å²) in [4.78, 5) is 0. The summed E-state index contributed by atoms with van der Waals surface area (Å²) in [6, 6.07) is 20.3. The topological polar surface area (TPSA) is 32.5 Å². The van der Waals surface area contributed by atoms with E-state index in [1.807, 2.05) is 48.5 Å². The Bertz CT molecular complexity index is 705. The fourth-order valence-electron chi connectivity index (χ4n) is 2.96. The van der Waals surface area contributed by atoms with Crippen molar-refractivity contribution < 1.29 is 14.4 Å². The Morgan fingerprint density at radius 3 is 2.09 bits per heavy atom. The molecular formula is C20H22NO2+. The van der Waals surface area contributed by atoms with Gasteiger partial charge >= 0.3 is 5.95 Å². The standard InChI is InChI=1S/C20H21NO2/c1-15(2)13-21-14-18(22)23-20(17-11-7-4-8-12-17)19(21)16-9-5-3-6-10-16/h3-15,19-20H,1-2H3/p+1/t19-,20+/m0/s1. The molecule has 1 aliphatic rings. The highest BCUT2D eigenvalue weighted by molar-refractivity contribution is 5.54. The molecule has 0 fully saturated rings. The van der Waals surface area contributed by atoms with Gasteiger partial charge in [0.2, 0.25) is 6.04 Å². The number of aliphatic hydroxyl groups excluding tert-OH is 1. The molecule has 3 nitrogen and oxygen atoms in total. The van der Waals surface area contributed by atoms with E-state index in [-0.39, 0.29) is 18.1 Å². The second kappa shape index (κ2) is 6.69. The van der Waals surface area contributed by atoms with Crippen LogP contribution in [-0.2, 0) is 4.74 Å². The predicted molar refractivity (Wildman–Crippen MR) is 91.3 cm³/mol. The van der Waals surface area contributed by atoms with E-state index >= 15 is 0 Å². The van der Waals surface area contributed by atoms with Crippen molar-refractivity contribution in [3.8, 4) is 0 Å². The molecule has 0 radical (unpaired) electrons. The fraction of sp³-hybridized carbons (Fsp3) is 0.250. The molecule has 0 amide bonds. The molecule has 2 aromatic rings. The van der Waals surface area contributed by atoms with Gasteiger partial charge in [-0.1, -0.05) is 74.5 Å². The molecule has 1 N–H and O–H groups in total. The van der Waals surface area contributed by atoms with Gasteiger partial charge in [-0.3, -0.25) is 0 Å². The molecule has 3 heteroatoms. The van der Waals surface area contributed by atoms with E-state index in [0.717, 1.165) is 11.1 Å². The monoisotopic (exact) mass is 308 g/mol. The number of rotatable bonds is 3. The summed E-state index contributed by atoms with van der Waals surface area (Å²) >= 11 is 0. The van der Waals surface area contributed by atoms with E-state index in [1.54, 1.807) is 6.20 Å². The van der Waals surface area contributed by atoms with Gasteiger partial charge in [-0.05, 0) is 5.56 Å². The van der Waals surface area contributed by atoms with Crippen LogP contribution in [0, 0.1) is 5.92 Å². The van der Waals surface area contributed by atoms with E-state index in [1.165, 1.54) is 0 Å². The highest BCUT2D eigenvalue weighted by atomic mass is 16.6. The minimum Gasteiger partial charge on any atom is -0.477 e. The Labute approximate surface area is 137 Å². The third kappa shape index (κ3) is 3.45. The van der Waals surface area contributed by atoms with Gasteiger partial charge in [-0.2, -0.15) is 4.58 Å². The number of nitrogens with zero attached hydrogens (tertiary/aromatic N) is 1. The Morgan fingerprint density at radius 2 is 1.52 bits per heavy atom. The minimum absolute atomic E-state index is 0.0168. The van der Waals surface area contributed by atoms with Gasteiger partial charge in [0.25, 0.3) is 6.20 Å². The van der Waals surface area contributed by atoms with Gasteiger partial charge < -0.3 is 9.84 Å². The fourth-order valence-corrected chi connectivity index (χ4v) is 2.96. The van der Waals surface area contributed by atoms with E-state index in [2.05, 4.69) is 36.8 Å². The molecule has 3 rings (SSSR count). The van der Waals surface area contributed by atoms with Gasteiger partial charge in [-0.25, -0.2) is 0 Å². The lowest BCUT2D eigenvalue weighted by Crippen LogP contribution is -2.29. The van der Waals surface area contributed by atoms with Crippen molar-refractivity contribution in [3.63, 3.8) is 0 Å². The van der Waals surface area contributed by atoms with Crippen LogP contribution in [0.4, 0.5) is 0 Å². The Balaban J connectivity index is 2.12. The zero-order valence-corrected chi connectivity index (χ0v) is 13.5. The van der Waals surface area contributed by atoms with Crippen LogP contribution in [0.5, 0.6) is 0 Å². The van der Waals surface area contributed by atoms with Gasteiger partial charge in [-0.15, -0.1) is 0 Å². The van der Waals surface area contributed by atoms with Crippen molar-refractivity contribution in [3.05, 3.63) is 83.9 Å². The average molecular weight is 308 g/mol. The van der Waals surface area contributed by atoms with Gasteiger partial charge in [0, 0.05) is 11.5 Å². The van der Waals surface area contributed by atoms with Crippen LogP contribution in [0.2, 0.25) is 0 Å². The molecule has 0 aromatic heterocycles. The Hall–Kier alpha value is -2.55. The number of aliphatic hydroxyl groups is 1. The normalized spacial score (nSPS) is 22.7. The van der Waals surface area contributed by atoms with Crippen molar-refractivity contribution in [2.75, 3.05) is 0 Å². The van der Waals surface area contributed by atoms with Crippen molar-refractivity contribution in [2.24, 2.45) is 5.92 Å². The molecule has 0 aliphatic carbocycles. The van der Waals surface area contributed by atoms with Crippen LogP contribution in [0.15, 0.2) is 72.8 Å². The lowest BCUT2D eigenvalue weighted by molar-refractivity contribution is -0.536. The van der Waals surface area contributed by atoms with Gasteiger partial charge in [0.1, 0.15) is 6.21 Å². The van der Waals surface area contributed by atoms with Crippen LogP contribution in [0.1, 0.15) is 37.1 Å². The van der Waals surface area contributed by atoms with E-state index in [0.29, 0.717) is 5.92 Å². The third-order valence-electron chi connectivity index (χ3n) is 3.85. The maximum atomic E-state index is 10.1. The van der Waals surface area contributed by atoms with Crippen molar-refractivity contribution in [1.29, 1.82) is 0 Å². The summed E-state index contributed by atoms with van der Waals surface area (Å²) in [6.07, 6.45) is 3.52. The van der Waals surface area contributed by atoms with Crippen LogP contribution >= 0.6 is 0 Å². The van der Waals surface area contributed by atoms with Crippen LogP contribution in [0.3, 0.4) is 0 Å². The molecule has 1 heterocycles. The first kappa shape index (κ1) is 15.3. The zero-order valence-electron chi connectivity index (χ0n) is 13.5. The minimum atomic E-state index is -0.265. The largest absolute Gasteiger partial charge is 0.477 e. The number of benzene rings is 2. The quantitative estimate of drug-likeness (QED) is 0.841. The van der Waals surface area contributed by atoms with E-state index in [4.69, 9.17) is 4.74 Å². The highest BCUT2D eigenvalue weighted by Crippen LogP contribution is 2.39. The summed E-state index contributed by atoms with van der Waals surface area (Å²) in [5.74, 6) is 0.308. The SMILES string of the molecule is CC(C)C=[N+]1C=C(O)O[C@H](c2ccccc2)[C@@H]1c1ccccc1. The summed E-state index contributed by atoms with van der Waals surface area (Å²) < 4.78 is 7.87. The smallest absolute Gasteiger partial charge is 0.344 e. The Kier molecular flexibility index (Phi) is 4.47. The lowest BCUT2D eigenvalue weighted by Gasteiger charge is -2.28. The van der Waals surface area contributed by atoms with E-state index in [9.17, 15) is 5.11 Å². The zero-order chi connectivity index (χ0) is 16.2. The van der Waals surface area contributed by atoms with Crippen molar-refractivity contribution in [2.45, 2.75) is 26.0 Å². The van der Waals surface area contributed by atoms with E-state index < -0.39 is 0 Å². The first-order valence-corrected chi connectivity index (χ1v) is 7.95. The Morgan fingerprint density at radius 1 is 0.957 bits per heavy atom. The summed E-state index contributed by atoms with van der Waals surface area (Å²) in [5.41, 5.74) is 2.20. The average Bonchev–Trinajstić information content (AvgIpc) is 2.55. The first-order chi connectivity index (χ1) is 11.1. The summed E-state index contributed by atoms with van der Waals surface area (Å²) in [6.45, 7) is 4.25. The molecule has 0 unspecified atom stereocenters. The molecule has 2 atom stereocenters. The summed E-state index contributed by atoms with van der Waals surface area (Å²) in [5, 5.41) is 10.1. The third-order valence-corrected chi connectivity index (χ3v) is 3.85. The van der Waals surface area contributed by atoms with Crippen molar-refractivity contribution in [1.82, 2.24) is 0 Å². The maximum absolute atomic E-state index is 10.1. The lowest BCUT2D eigenvalue weighted by atomic mass is 9.94. The van der Waals surface area contributed by atoms with Crippen molar-refractivity contribution >= 4 is 6.21 Å². The molecule has 0 saturated carbocycles. The molecule has 1 aliphatic heterocycles. The molecular weight excluding hydrogens is 286 g/mol.